The van der Waals surface area contributed by atoms with E-state index in [0.717, 1.165) is 63.6 Å². The first kappa shape index (κ1) is 21.9. The van der Waals surface area contributed by atoms with Crippen molar-refractivity contribution in [2.75, 3.05) is 55.7 Å². The standard InChI is InChI=1S/C26H34N6O/c1-20-23(18-28-29-20)25(22-6-3-2-4-7-22)31-16-14-30(15-17-31)24-8-5-11-27-26(24)32-12-9-21(19-33)10-13-32/h2-8,11,18,21,25,33H,9-10,12-17,19H2,1H3,(H,28,29). The van der Waals surface area contributed by atoms with Crippen LogP contribution in [0.25, 0.3) is 0 Å². The molecule has 7 heteroatoms. The van der Waals surface area contributed by atoms with Crippen LogP contribution in [0.5, 0.6) is 0 Å². The van der Waals surface area contributed by atoms with Gasteiger partial charge in [0, 0.05) is 63.3 Å². The summed E-state index contributed by atoms with van der Waals surface area (Å²) in [7, 11) is 0. The quantitative estimate of drug-likeness (QED) is 0.606. The molecule has 5 rings (SSSR count). The third kappa shape index (κ3) is 4.61. The van der Waals surface area contributed by atoms with Gasteiger partial charge in [0.1, 0.15) is 0 Å². The number of hydrogen-bond donors (Lipinski definition) is 2. The molecule has 4 heterocycles. The second-order valence-electron chi connectivity index (χ2n) is 9.25. The number of aliphatic hydroxyl groups excluding tert-OH is 1. The van der Waals surface area contributed by atoms with E-state index < -0.39 is 0 Å². The number of aliphatic hydroxyl groups is 1. The summed E-state index contributed by atoms with van der Waals surface area (Å²) in [5, 5.41) is 16.9. The number of benzene rings is 1. The number of rotatable bonds is 6. The Morgan fingerprint density at radius 2 is 1.73 bits per heavy atom. The van der Waals surface area contributed by atoms with E-state index in [0.29, 0.717) is 12.5 Å². The average molecular weight is 447 g/mol. The Kier molecular flexibility index (Phi) is 6.60. The van der Waals surface area contributed by atoms with Crippen molar-refractivity contribution in [1.29, 1.82) is 0 Å². The van der Waals surface area contributed by atoms with Crippen LogP contribution < -0.4 is 9.80 Å². The lowest BCUT2D eigenvalue weighted by Gasteiger charge is -2.42. The Morgan fingerprint density at radius 1 is 0.970 bits per heavy atom. The largest absolute Gasteiger partial charge is 0.396 e. The summed E-state index contributed by atoms with van der Waals surface area (Å²) in [6.07, 6.45) is 5.95. The molecule has 3 aromatic rings. The highest BCUT2D eigenvalue weighted by molar-refractivity contribution is 5.67. The summed E-state index contributed by atoms with van der Waals surface area (Å²) in [6, 6.07) is 15.2. The average Bonchev–Trinajstić information content (AvgIpc) is 3.30. The van der Waals surface area contributed by atoms with Crippen molar-refractivity contribution in [3.8, 4) is 0 Å². The van der Waals surface area contributed by atoms with Gasteiger partial charge in [-0.3, -0.25) is 10.00 Å². The first-order valence-electron chi connectivity index (χ1n) is 12.1. The van der Waals surface area contributed by atoms with Crippen molar-refractivity contribution in [3.63, 3.8) is 0 Å². The van der Waals surface area contributed by atoms with Gasteiger partial charge in [-0.2, -0.15) is 5.10 Å². The number of H-pyrrole nitrogens is 1. The Bertz CT molecular complexity index is 1020. The van der Waals surface area contributed by atoms with Gasteiger partial charge in [0.2, 0.25) is 0 Å². The van der Waals surface area contributed by atoms with Gasteiger partial charge in [-0.15, -0.1) is 0 Å². The van der Waals surface area contributed by atoms with Crippen molar-refractivity contribution < 1.29 is 5.11 Å². The van der Waals surface area contributed by atoms with Crippen molar-refractivity contribution in [3.05, 3.63) is 71.7 Å². The number of piperidine rings is 1. The minimum atomic E-state index is 0.206. The van der Waals surface area contributed by atoms with Gasteiger partial charge in [-0.05, 0) is 43.4 Å². The zero-order chi connectivity index (χ0) is 22.6. The van der Waals surface area contributed by atoms with Gasteiger partial charge in [0.15, 0.2) is 5.82 Å². The second kappa shape index (κ2) is 9.93. The van der Waals surface area contributed by atoms with E-state index in [9.17, 15) is 5.11 Å². The lowest BCUT2D eigenvalue weighted by Crippen LogP contribution is -2.48. The molecule has 0 aliphatic carbocycles. The highest BCUT2D eigenvalue weighted by Crippen LogP contribution is 2.34. The SMILES string of the molecule is Cc1[nH]ncc1C(c1ccccc1)N1CCN(c2cccnc2N2CCC(CO)CC2)CC1. The Balaban J connectivity index is 1.33. The van der Waals surface area contributed by atoms with E-state index in [-0.39, 0.29) is 6.04 Å². The Labute approximate surface area is 196 Å². The molecule has 1 atom stereocenters. The number of nitrogens with zero attached hydrogens (tertiary/aromatic N) is 5. The minimum absolute atomic E-state index is 0.206. The number of anilines is 2. The third-order valence-electron chi connectivity index (χ3n) is 7.24. The number of hydrogen-bond acceptors (Lipinski definition) is 6. The summed E-state index contributed by atoms with van der Waals surface area (Å²) in [5.41, 5.74) is 4.93. The molecule has 1 aromatic carbocycles. The van der Waals surface area contributed by atoms with Crippen LogP contribution in [0.1, 0.15) is 35.7 Å². The summed E-state index contributed by atoms with van der Waals surface area (Å²) in [6.45, 7) is 8.21. The van der Waals surface area contributed by atoms with Crippen molar-refractivity contribution in [1.82, 2.24) is 20.1 Å². The maximum atomic E-state index is 9.49. The van der Waals surface area contributed by atoms with Gasteiger partial charge >= 0.3 is 0 Å². The van der Waals surface area contributed by atoms with E-state index >= 15 is 0 Å². The maximum absolute atomic E-state index is 9.49. The fourth-order valence-electron chi connectivity index (χ4n) is 5.29. The molecule has 174 valence electrons. The fraction of sp³-hybridized carbons (Fsp3) is 0.462. The smallest absolute Gasteiger partial charge is 0.152 e. The van der Waals surface area contributed by atoms with Crippen LogP contribution >= 0.6 is 0 Å². The predicted octanol–water partition coefficient (Wildman–Crippen LogP) is 3.23. The van der Waals surface area contributed by atoms with E-state index in [4.69, 9.17) is 4.98 Å². The van der Waals surface area contributed by atoms with Crippen molar-refractivity contribution in [2.24, 2.45) is 5.92 Å². The lowest BCUT2D eigenvalue weighted by atomic mass is 9.97. The molecule has 2 fully saturated rings. The molecule has 7 nitrogen and oxygen atoms in total. The van der Waals surface area contributed by atoms with Gasteiger partial charge < -0.3 is 14.9 Å². The third-order valence-corrected chi connectivity index (χ3v) is 7.24. The number of aromatic nitrogens is 3. The summed E-state index contributed by atoms with van der Waals surface area (Å²) in [4.78, 5) is 12.2. The van der Waals surface area contributed by atoms with Crippen molar-refractivity contribution in [2.45, 2.75) is 25.8 Å². The second-order valence-corrected chi connectivity index (χ2v) is 9.25. The maximum Gasteiger partial charge on any atom is 0.152 e. The van der Waals surface area contributed by atoms with Crippen LogP contribution in [-0.4, -0.2) is 71.1 Å². The molecule has 0 bridgehead atoms. The molecule has 0 spiro atoms. The number of piperazine rings is 1. The number of pyridine rings is 1. The number of aromatic amines is 1. The molecule has 1 unspecified atom stereocenters. The van der Waals surface area contributed by atoms with Gasteiger partial charge in [-0.1, -0.05) is 30.3 Å². The molecule has 2 aliphatic rings. The molecule has 0 amide bonds. The van der Waals surface area contributed by atoms with Crippen LogP contribution in [0.3, 0.4) is 0 Å². The topological polar surface area (TPSA) is 71.5 Å². The summed E-state index contributed by atoms with van der Waals surface area (Å²) < 4.78 is 0. The van der Waals surface area contributed by atoms with Crippen LogP contribution in [0.15, 0.2) is 54.9 Å². The monoisotopic (exact) mass is 446 g/mol. The molecule has 0 radical (unpaired) electrons. The normalized spacial score (nSPS) is 19.1. The molecule has 2 aliphatic heterocycles. The Morgan fingerprint density at radius 3 is 2.39 bits per heavy atom. The van der Waals surface area contributed by atoms with Gasteiger partial charge in [0.25, 0.3) is 0 Å². The first-order valence-corrected chi connectivity index (χ1v) is 12.1. The molecule has 0 saturated carbocycles. The van der Waals surface area contributed by atoms with Crippen molar-refractivity contribution >= 4 is 11.5 Å². The molecule has 2 saturated heterocycles. The highest BCUT2D eigenvalue weighted by atomic mass is 16.3. The summed E-state index contributed by atoms with van der Waals surface area (Å²) >= 11 is 0. The van der Waals surface area contributed by atoms with E-state index in [1.807, 2.05) is 18.5 Å². The highest BCUT2D eigenvalue weighted by Gasteiger charge is 2.30. The van der Waals surface area contributed by atoms with Crippen LogP contribution in [0.2, 0.25) is 0 Å². The van der Waals surface area contributed by atoms with E-state index in [2.05, 4.69) is 68.2 Å². The fourth-order valence-corrected chi connectivity index (χ4v) is 5.29. The van der Waals surface area contributed by atoms with Crippen LogP contribution in [0.4, 0.5) is 11.5 Å². The number of nitrogens with one attached hydrogen (secondary N) is 1. The molecule has 2 N–H and O–H groups in total. The Hall–Kier alpha value is -2.90. The molecular formula is C26H34N6O. The van der Waals surface area contributed by atoms with Gasteiger partial charge in [-0.25, -0.2) is 4.98 Å². The first-order chi connectivity index (χ1) is 16.2. The minimum Gasteiger partial charge on any atom is -0.396 e. The number of aryl methyl sites for hydroxylation is 1. The zero-order valence-electron chi connectivity index (χ0n) is 19.4. The van der Waals surface area contributed by atoms with E-state index in [1.165, 1.54) is 16.8 Å². The molecule has 33 heavy (non-hydrogen) atoms. The predicted molar refractivity (Wildman–Crippen MR) is 132 cm³/mol. The van der Waals surface area contributed by atoms with Gasteiger partial charge in [0.05, 0.1) is 17.9 Å². The van der Waals surface area contributed by atoms with Crippen LogP contribution in [0, 0.1) is 12.8 Å². The molecule has 2 aromatic heterocycles. The molecular weight excluding hydrogens is 412 g/mol. The lowest BCUT2D eigenvalue weighted by molar-refractivity contribution is 0.202. The van der Waals surface area contributed by atoms with E-state index in [1.54, 1.807) is 0 Å². The summed E-state index contributed by atoms with van der Waals surface area (Å²) in [5.74, 6) is 1.52. The van der Waals surface area contributed by atoms with Crippen LogP contribution in [-0.2, 0) is 0 Å². The zero-order valence-corrected chi connectivity index (χ0v) is 19.4.